The van der Waals surface area contributed by atoms with E-state index in [2.05, 4.69) is 0 Å². The summed E-state index contributed by atoms with van der Waals surface area (Å²) in [5, 5.41) is 9.35. The highest BCUT2D eigenvalue weighted by Gasteiger charge is 2.49. The molecule has 1 saturated heterocycles. The van der Waals surface area contributed by atoms with Gasteiger partial charge in [0.2, 0.25) is 0 Å². The summed E-state index contributed by atoms with van der Waals surface area (Å²) in [7, 11) is 0. The fourth-order valence-corrected chi connectivity index (χ4v) is 4.55. The lowest BCUT2D eigenvalue weighted by molar-refractivity contribution is -0.178. The molecule has 2 fully saturated rings. The number of pyridine rings is 2. The molecular formula is C20H21F4N3O3. The van der Waals surface area contributed by atoms with Crippen LogP contribution in [0, 0.1) is 24.6 Å². The monoisotopic (exact) mass is 427 g/mol. The van der Waals surface area contributed by atoms with Crippen molar-refractivity contribution in [3.63, 3.8) is 0 Å². The Bertz CT molecular complexity index is 1090. The van der Waals surface area contributed by atoms with E-state index in [4.69, 9.17) is 5.73 Å². The number of carboxylic acid groups (broad SMARTS) is 1. The highest BCUT2D eigenvalue weighted by molar-refractivity contribution is 5.89. The van der Waals surface area contributed by atoms with Crippen LogP contribution in [0.3, 0.4) is 0 Å². The standard InChI is InChI=1S/C20H21F4N3O3/c1-9-16-12(10-2-3-10)4-13(19(29)30)18(28)27(16)8-15(21)17(9)26-6-11(5-25)14(7-26)20(22,23)24/h4,8,10-11,14H,2-3,5-7,25H2,1H3,(H,29,30)/t11-,14-/m0/s1. The summed E-state index contributed by atoms with van der Waals surface area (Å²) in [6, 6.07) is 1.32. The molecule has 1 saturated carbocycles. The average molecular weight is 427 g/mol. The van der Waals surface area contributed by atoms with Gasteiger partial charge in [0.05, 0.1) is 23.3 Å². The van der Waals surface area contributed by atoms with Crippen LogP contribution in [-0.4, -0.2) is 41.3 Å². The molecule has 30 heavy (non-hydrogen) atoms. The largest absolute Gasteiger partial charge is 0.477 e. The number of aromatic carboxylic acids is 1. The van der Waals surface area contributed by atoms with E-state index in [-0.39, 0.29) is 24.7 Å². The maximum absolute atomic E-state index is 15.1. The summed E-state index contributed by atoms with van der Waals surface area (Å²) < 4.78 is 56.3. The Hall–Kier alpha value is -2.62. The minimum Gasteiger partial charge on any atom is -0.477 e. The molecular weight excluding hydrogens is 406 g/mol. The van der Waals surface area contributed by atoms with E-state index in [1.807, 2.05) is 0 Å². The summed E-state index contributed by atoms with van der Waals surface area (Å²) in [4.78, 5) is 25.4. The molecule has 6 nitrogen and oxygen atoms in total. The lowest BCUT2D eigenvalue weighted by atomic mass is 9.96. The molecule has 4 rings (SSSR count). The zero-order valence-corrected chi connectivity index (χ0v) is 16.2. The summed E-state index contributed by atoms with van der Waals surface area (Å²) in [6.07, 6.45) is -1.97. The molecule has 0 unspecified atom stereocenters. The van der Waals surface area contributed by atoms with Crippen molar-refractivity contribution < 1.29 is 27.5 Å². The minimum atomic E-state index is -4.45. The van der Waals surface area contributed by atoms with Gasteiger partial charge in [0, 0.05) is 19.0 Å². The molecule has 0 amide bonds. The number of nitrogens with zero attached hydrogens (tertiary/aromatic N) is 2. The smallest absolute Gasteiger partial charge is 0.393 e. The predicted octanol–water partition coefficient (Wildman–Crippen LogP) is 2.90. The Morgan fingerprint density at radius 1 is 1.30 bits per heavy atom. The summed E-state index contributed by atoms with van der Waals surface area (Å²) >= 11 is 0. The molecule has 0 radical (unpaired) electrons. The molecule has 2 aromatic rings. The van der Waals surface area contributed by atoms with Crippen molar-refractivity contribution in [1.29, 1.82) is 0 Å². The molecule has 0 bridgehead atoms. The second-order valence-electron chi connectivity index (χ2n) is 8.12. The zero-order chi connectivity index (χ0) is 22.0. The van der Waals surface area contributed by atoms with E-state index < -0.39 is 47.5 Å². The Morgan fingerprint density at radius 2 is 1.97 bits per heavy atom. The summed E-state index contributed by atoms with van der Waals surface area (Å²) in [5.41, 5.74) is 5.51. The number of fused-ring (bicyclic) bond motifs is 1. The number of aryl methyl sites for hydroxylation is 1. The first-order valence-electron chi connectivity index (χ1n) is 9.68. The van der Waals surface area contributed by atoms with E-state index in [0.717, 1.165) is 23.4 Å². The Balaban J connectivity index is 1.91. The van der Waals surface area contributed by atoms with Gasteiger partial charge in [0.25, 0.3) is 5.56 Å². The zero-order valence-electron chi connectivity index (χ0n) is 16.2. The number of carbonyl (C=O) groups is 1. The van der Waals surface area contributed by atoms with E-state index in [1.165, 1.54) is 11.0 Å². The number of carboxylic acids is 1. The SMILES string of the molecule is Cc1c(N2C[C@H](CN)[C@@H](C(F)(F)F)C2)c(F)cn2c(=O)c(C(=O)O)cc(C3CC3)c12. The average Bonchev–Trinajstić information content (AvgIpc) is 3.40. The van der Waals surface area contributed by atoms with Crippen LogP contribution < -0.4 is 16.2 Å². The van der Waals surface area contributed by atoms with Crippen LogP contribution in [0.4, 0.5) is 23.2 Å². The molecule has 1 aliphatic carbocycles. The molecule has 2 aliphatic rings. The van der Waals surface area contributed by atoms with Crippen molar-refractivity contribution in [3.8, 4) is 0 Å². The van der Waals surface area contributed by atoms with Crippen LogP contribution in [0.25, 0.3) is 5.52 Å². The highest BCUT2D eigenvalue weighted by atomic mass is 19.4. The van der Waals surface area contributed by atoms with Crippen molar-refractivity contribution in [2.75, 3.05) is 24.5 Å². The number of alkyl halides is 3. The second-order valence-corrected chi connectivity index (χ2v) is 8.12. The number of anilines is 1. The van der Waals surface area contributed by atoms with Gasteiger partial charge in [0.1, 0.15) is 5.56 Å². The second kappa shape index (κ2) is 6.97. The first-order valence-corrected chi connectivity index (χ1v) is 9.68. The van der Waals surface area contributed by atoms with Crippen molar-refractivity contribution in [1.82, 2.24) is 4.40 Å². The maximum Gasteiger partial charge on any atom is 0.393 e. The van der Waals surface area contributed by atoms with Crippen LogP contribution in [0.15, 0.2) is 17.1 Å². The van der Waals surface area contributed by atoms with Gasteiger partial charge in [0.15, 0.2) is 5.82 Å². The van der Waals surface area contributed by atoms with Gasteiger partial charge in [-0.05, 0) is 49.4 Å². The van der Waals surface area contributed by atoms with Gasteiger partial charge >= 0.3 is 12.1 Å². The van der Waals surface area contributed by atoms with Crippen LogP contribution >= 0.6 is 0 Å². The van der Waals surface area contributed by atoms with Gasteiger partial charge in [-0.25, -0.2) is 9.18 Å². The summed E-state index contributed by atoms with van der Waals surface area (Å²) in [6.45, 7) is 0.905. The molecule has 2 atom stereocenters. The van der Waals surface area contributed by atoms with Crippen LogP contribution in [0.2, 0.25) is 0 Å². The number of halogens is 4. The van der Waals surface area contributed by atoms with Gasteiger partial charge in [-0.1, -0.05) is 0 Å². The molecule has 3 heterocycles. The Morgan fingerprint density at radius 3 is 2.47 bits per heavy atom. The normalized spacial score (nSPS) is 22.1. The highest BCUT2D eigenvalue weighted by Crippen LogP contribution is 2.45. The molecule has 0 spiro atoms. The third-order valence-corrected chi connectivity index (χ3v) is 6.17. The molecule has 1 aliphatic heterocycles. The van der Waals surface area contributed by atoms with Crippen molar-refractivity contribution in [2.24, 2.45) is 17.6 Å². The van der Waals surface area contributed by atoms with Gasteiger partial charge in [-0.3, -0.25) is 9.20 Å². The molecule has 10 heteroatoms. The molecule has 162 valence electrons. The first-order chi connectivity index (χ1) is 14.0. The quantitative estimate of drug-likeness (QED) is 0.733. The number of hydrogen-bond donors (Lipinski definition) is 2. The van der Waals surface area contributed by atoms with Crippen LogP contribution in [-0.2, 0) is 0 Å². The fourth-order valence-electron chi connectivity index (χ4n) is 4.55. The number of aromatic nitrogens is 1. The van der Waals surface area contributed by atoms with Crippen LogP contribution in [0.1, 0.15) is 40.2 Å². The predicted molar refractivity (Wildman–Crippen MR) is 102 cm³/mol. The third kappa shape index (κ3) is 3.23. The van der Waals surface area contributed by atoms with Crippen molar-refractivity contribution in [2.45, 2.75) is 31.9 Å². The Kier molecular flexibility index (Phi) is 4.80. The van der Waals surface area contributed by atoms with Gasteiger partial charge in [-0.15, -0.1) is 0 Å². The van der Waals surface area contributed by atoms with Crippen LogP contribution in [0.5, 0.6) is 0 Å². The number of nitrogens with two attached hydrogens (primary N) is 1. The Labute approximate surface area is 168 Å². The third-order valence-electron chi connectivity index (χ3n) is 6.17. The number of rotatable bonds is 4. The van der Waals surface area contributed by atoms with E-state index in [1.54, 1.807) is 6.92 Å². The van der Waals surface area contributed by atoms with Gasteiger partial charge < -0.3 is 15.7 Å². The topological polar surface area (TPSA) is 88.0 Å². The first kappa shape index (κ1) is 20.6. The lowest BCUT2D eigenvalue weighted by Crippen LogP contribution is -2.33. The lowest BCUT2D eigenvalue weighted by Gasteiger charge is -2.24. The molecule has 3 N–H and O–H groups in total. The van der Waals surface area contributed by atoms with E-state index in [9.17, 15) is 27.9 Å². The van der Waals surface area contributed by atoms with Gasteiger partial charge in [-0.2, -0.15) is 13.2 Å². The van der Waals surface area contributed by atoms with E-state index in [0.29, 0.717) is 16.6 Å². The van der Waals surface area contributed by atoms with Crippen molar-refractivity contribution >= 4 is 17.2 Å². The number of hydrogen-bond acceptors (Lipinski definition) is 4. The minimum absolute atomic E-state index is 0.00424. The molecule has 0 aromatic carbocycles. The van der Waals surface area contributed by atoms with Crippen molar-refractivity contribution in [3.05, 3.63) is 45.1 Å². The maximum atomic E-state index is 15.1. The molecule has 2 aromatic heterocycles. The summed E-state index contributed by atoms with van der Waals surface area (Å²) in [5.74, 6) is -4.77. The van der Waals surface area contributed by atoms with E-state index >= 15 is 4.39 Å². The fraction of sp³-hybridized carbons (Fsp3) is 0.500.